The van der Waals surface area contributed by atoms with E-state index in [4.69, 9.17) is 18.9 Å². The van der Waals surface area contributed by atoms with Gasteiger partial charge in [0.1, 0.15) is 13.2 Å². The smallest absolute Gasteiger partial charge is 0.306 e. The Labute approximate surface area is 463 Å². The van der Waals surface area contributed by atoms with Crippen LogP contribution in [0.5, 0.6) is 0 Å². The number of rotatable bonds is 58. The zero-order valence-corrected chi connectivity index (χ0v) is 49.7. The number of ether oxygens (including phenoxy) is 4. The summed E-state index contributed by atoms with van der Waals surface area (Å²) < 4.78 is 22.7. The van der Waals surface area contributed by atoms with Gasteiger partial charge in [0.15, 0.2) is 12.4 Å². The van der Waals surface area contributed by atoms with Gasteiger partial charge in [-0.1, -0.05) is 254 Å². The highest BCUT2D eigenvalue weighted by Crippen LogP contribution is 2.17. The molecular formula is C66H119NO8. The number of carboxylic acids is 1. The molecule has 0 saturated heterocycles. The van der Waals surface area contributed by atoms with E-state index in [1.165, 1.54) is 186 Å². The normalized spacial score (nSPS) is 13.1. The predicted octanol–water partition coefficient (Wildman–Crippen LogP) is 17.5. The first-order chi connectivity index (χ1) is 36.6. The number of likely N-dealkylation sites (N-methyl/N-ethyl adjacent to an activating group) is 1. The summed E-state index contributed by atoms with van der Waals surface area (Å²) in [5.74, 6) is -2.27. The lowest BCUT2D eigenvalue weighted by Crippen LogP contribution is -2.44. The van der Waals surface area contributed by atoms with Gasteiger partial charge in [0.05, 0.1) is 40.3 Å². The summed E-state index contributed by atoms with van der Waals surface area (Å²) in [5, 5.41) is 11.8. The number of carboxylic acid groups (broad SMARTS) is 1. The summed E-state index contributed by atoms with van der Waals surface area (Å²) in [6, 6.07) is 0. The monoisotopic (exact) mass is 1050 g/mol. The van der Waals surface area contributed by atoms with Gasteiger partial charge in [-0.15, -0.1) is 0 Å². The number of quaternary nitrogens is 1. The quantitative estimate of drug-likeness (QED) is 0.0195. The lowest BCUT2D eigenvalue weighted by molar-refractivity contribution is -0.870. The SMILES string of the molecule is CC/C=C\C/C=C\C/C=C\C/C=C\CCCCCCCCCCCCCCCCCCCCCCC(=O)OC(COC(=O)CCCCCCCCC/C=C\CCCCCCCC)COC(OCC[N+](C)(C)C)C(=O)[O-]. The Kier molecular flexibility index (Phi) is 54.9. The summed E-state index contributed by atoms with van der Waals surface area (Å²) in [7, 11) is 5.93. The maximum atomic E-state index is 12.9. The highest BCUT2D eigenvalue weighted by molar-refractivity contribution is 5.70. The van der Waals surface area contributed by atoms with Gasteiger partial charge in [-0.2, -0.15) is 0 Å². The van der Waals surface area contributed by atoms with Crippen LogP contribution < -0.4 is 5.11 Å². The molecule has 0 aromatic rings. The third-order valence-corrected chi connectivity index (χ3v) is 13.7. The van der Waals surface area contributed by atoms with Gasteiger partial charge in [-0.05, 0) is 77.0 Å². The zero-order valence-electron chi connectivity index (χ0n) is 49.7. The Hall–Kier alpha value is -3.01. The van der Waals surface area contributed by atoms with Crippen molar-refractivity contribution in [1.29, 1.82) is 0 Å². The van der Waals surface area contributed by atoms with E-state index in [9.17, 15) is 19.5 Å². The number of hydrogen-bond acceptors (Lipinski definition) is 8. The molecule has 0 aliphatic rings. The van der Waals surface area contributed by atoms with E-state index in [0.717, 1.165) is 64.2 Å². The molecule has 2 unspecified atom stereocenters. The Bertz CT molecular complexity index is 1410. The van der Waals surface area contributed by atoms with E-state index in [-0.39, 0.29) is 38.6 Å². The third kappa shape index (κ3) is 58.5. The molecule has 0 fully saturated rings. The molecule has 0 spiro atoms. The molecule has 0 amide bonds. The van der Waals surface area contributed by atoms with Crippen LogP contribution in [0.3, 0.4) is 0 Å². The van der Waals surface area contributed by atoms with Gasteiger partial charge in [-0.25, -0.2) is 0 Å². The average Bonchev–Trinajstić information content (AvgIpc) is 3.38. The lowest BCUT2D eigenvalue weighted by atomic mass is 10.0. The second-order valence-electron chi connectivity index (χ2n) is 22.3. The van der Waals surface area contributed by atoms with Gasteiger partial charge in [0.2, 0.25) is 0 Å². The maximum Gasteiger partial charge on any atom is 0.306 e. The highest BCUT2D eigenvalue weighted by Gasteiger charge is 2.22. The number of unbranched alkanes of at least 4 members (excludes halogenated alkanes) is 33. The number of esters is 2. The fraction of sp³-hybridized carbons (Fsp3) is 0.803. The van der Waals surface area contributed by atoms with Gasteiger partial charge < -0.3 is 33.3 Å². The van der Waals surface area contributed by atoms with Crippen molar-refractivity contribution in [2.24, 2.45) is 0 Å². The first-order valence-electron chi connectivity index (χ1n) is 31.4. The maximum absolute atomic E-state index is 12.9. The van der Waals surface area contributed by atoms with E-state index in [1.54, 1.807) is 0 Å². The Balaban J connectivity index is 4.09. The van der Waals surface area contributed by atoms with Crippen LogP contribution in [0.15, 0.2) is 60.8 Å². The van der Waals surface area contributed by atoms with Crippen molar-refractivity contribution in [3.8, 4) is 0 Å². The van der Waals surface area contributed by atoms with Gasteiger partial charge in [0.25, 0.3) is 0 Å². The minimum absolute atomic E-state index is 0.148. The van der Waals surface area contributed by atoms with Crippen LogP contribution >= 0.6 is 0 Å². The molecule has 0 heterocycles. The Morgan fingerprint density at radius 1 is 0.413 bits per heavy atom. The fourth-order valence-electron chi connectivity index (χ4n) is 8.94. The molecule has 0 aromatic carbocycles. The van der Waals surface area contributed by atoms with Crippen LogP contribution in [0.25, 0.3) is 0 Å². The summed E-state index contributed by atoms with van der Waals surface area (Å²) >= 11 is 0. The third-order valence-electron chi connectivity index (χ3n) is 13.7. The Morgan fingerprint density at radius 3 is 1.15 bits per heavy atom. The van der Waals surface area contributed by atoms with Crippen LogP contribution in [0, 0.1) is 0 Å². The first-order valence-corrected chi connectivity index (χ1v) is 31.4. The van der Waals surface area contributed by atoms with Crippen molar-refractivity contribution >= 4 is 17.9 Å². The molecular weight excluding hydrogens is 935 g/mol. The van der Waals surface area contributed by atoms with E-state index in [1.807, 2.05) is 21.1 Å². The fourth-order valence-corrected chi connectivity index (χ4v) is 8.94. The van der Waals surface area contributed by atoms with Crippen LogP contribution in [0.4, 0.5) is 0 Å². The minimum Gasteiger partial charge on any atom is -0.545 e. The predicted molar refractivity (Wildman–Crippen MR) is 315 cm³/mol. The standard InChI is InChI=1S/C66H119NO8/c1-6-8-10-12-14-16-18-20-22-24-25-26-27-28-29-30-31-32-33-34-35-36-37-38-39-41-43-45-47-49-51-53-55-57-64(69)75-62(61-74-66(65(70)71)72-59-58-67(3,4)5)60-73-63(68)56-54-52-50-48-46-44-42-40-23-21-19-17-15-13-11-9-7-2/h8,10,14,16,20-23,25-26,62,66H,6-7,9,11-13,15,17-19,24,27-61H2,1-5H3/b10-8-,16-14-,22-20-,23-21-,26-25-. The molecule has 0 rings (SSSR count). The molecule has 9 heteroatoms. The summed E-state index contributed by atoms with van der Waals surface area (Å²) in [4.78, 5) is 37.3. The van der Waals surface area contributed by atoms with Crippen molar-refractivity contribution in [3.63, 3.8) is 0 Å². The largest absolute Gasteiger partial charge is 0.545 e. The molecule has 0 saturated carbocycles. The summed E-state index contributed by atoms with van der Waals surface area (Å²) in [5.41, 5.74) is 0. The van der Waals surface area contributed by atoms with E-state index in [0.29, 0.717) is 17.4 Å². The van der Waals surface area contributed by atoms with Gasteiger partial charge in [0, 0.05) is 12.8 Å². The molecule has 0 aromatic heterocycles. The van der Waals surface area contributed by atoms with Crippen LogP contribution in [-0.2, 0) is 33.3 Å². The molecule has 2 atom stereocenters. The van der Waals surface area contributed by atoms with E-state index < -0.39 is 24.3 Å². The van der Waals surface area contributed by atoms with Crippen molar-refractivity contribution in [2.75, 3.05) is 47.5 Å². The molecule has 436 valence electrons. The summed E-state index contributed by atoms with van der Waals surface area (Å²) in [6.45, 7) is 4.66. The van der Waals surface area contributed by atoms with Crippen molar-refractivity contribution in [2.45, 2.75) is 296 Å². The number of carbonyl (C=O) groups excluding carboxylic acids is 3. The second-order valence-corrected chi connectivity index (χ2v) is 22.3. The lowest BCUT2D eigenvalue weighted by Gasteiger charge is -2.26. The second kappa shape index (κ2) is 57.2. The zero-order chi connectivity index (χ0) is 54.8. The van der Waals surface area contributed by atoms with E-state index >= 15 is 0 Å². The molecule has 0 N–H and O–H groups in total. The summed E-state index contributed by atoms with van der Waals surface area (Å²) in [6.07, 6.45) is 70.0. The van der Waals surface area contributed by atoms with Crippen LogP contribution in [-0.4, -0.2) is 82.3 Å². The van der Waals surface area contributed by atoms with Gasteiger partial charge in [-0.3, -0.25) is 9.59 Å². The van der Waals surface area contributed by atoms with Crippen LogP contribution in [0.1, 0.15) is 284 Å². The topological polar surface area (TPSA) is 111 Å². The molecule has 0 bridgehead atoms. The Morgan fingerprint density at radius 2 is 0.760 bits per heavy atom. The van der Waals surface area contributed by atoms with Crippen molar-refractivity contribution < 1.29 is 42.9 Å². The van der Waals surface area contributed by atoms with Crippen molar-refractivity contribution in [3.05, 3.63) is 60.8 Å². The number of nitrogens with zero attached hydrogens (tertiary/aromatic N) is 1. The molecule has 9 nitrogen and oxygen atoms in total. The number of hydrogen-bond donors (Lipinski definition) is 0. The van der Waals surface area contributed by atoms with E-state index in [2.05, 4.69) is 74.6 Å². The van der Waals surface area contributed by atoms with Crippen LogP contribution in [0.2, 0.25) is 0 Å². The number of allylic oxidation sites excluding steroid dienone is 10. The molecule has 0 radical (unpaired) electrons. The minimum atomic E-state index is -1.62. The average molecular weight is 1050 g/mol. The highest BCUT2D eigenvalue weighted by atomic mass is 16.7. The molecule has 0 aliphatic carbocycles. The first kappa shape index (κ1) is 72.0. The number of carbonyl (C=O) groups is 3. The number of aliphatic carboxylic acids is 1. The molecule has 0 aliphatic heterocycles. The van der Waals surface area contributed by atoms with Gasteiger partial charge >= 0.3 is 11.9 Å². The van der Waals surface area contributed by atoms with Crippen molar-refractivity contribution in [1.82, 2.24) is 0 Å². The molecule has 75 heavy (non-hydrogen) atoms.